The van der Waals surface area contributed by atoms with Gasteiger partial charge in [-0.3, -0.25) is 4.79 Å². The molecule has 2 N–H and O–H groups in total. The third-order valence-corrected chi connectivity index (χ3v) is 6.19. The van der Waals surface area contributed by atoms with Crippen LogP contribution < -0.4 is 14.7 Å². The second-order valence-electron chi connectivity index (χ2n) is 6.23. The first-order valence-electron chi connectivity index (χ1n) is 8.67. The number of ether oxygens (including phenoxy) is 2. The molecule has 0 saturated carbocycles. The summed E-state index contributed by atoms with van der Waals surface area (Å²) >= 11 is 1.23. The van der Waals surface area contributed by atoms with Gasteiger partial charge >= 0.3 is 0 Å². The van der Waals surface area contributed by atoms with Crippen molar-refractivity contribution in [2.45, 2.75) is 17.9 Å². The lowest BCUT2D eigenvalue weighted by molar-refractivity contribution is -0.117. The van der Waals surface area contributed by atoms with Crippen molar-refractivity contribution in [2.75, 3.05) is 20.8 Å². The van der Waals surface area contributed by atoms with Crippen molar-refractivity contribution in [3.8, 4) is 5.75 Å². The van der Waals surface area contributed by atoms with Gasteiger partial charge in [0.05, 0.1) is 35.2 Å². The average molecular weight is 436 g/mol. The number of fused-ring (bicyclic) bond motifs is 1. The van der Waals surface area contributed by atoms with Crippen molar-refractivity contribution in [2.24, 2.45) is 10.1 Å². The maximum absolute atomic E-state index is 12.5. The molecule has 0 atom stereocenters. The second-order valence-corrected chi connectivity index (χ2v) is 8.80. The number of nitrogens with two attached hydrogens (primary N) is 1. The molecule has 0 fully saturated rings. The molecule has 0 radical (unpaired) electrons. The fourth-order valence-electron chi connectivity index (χ4n) is 2.78. The van der Waals surface area contributed by atoms with Gasteiger partial charge in [-0.15, -0.1) is 0 Å². The first kappa shape index (κ1) is 21.2. The highest BCUT2D eigenvalue weighted by molar-refractivity contribution is 7.89. The molecular formula is C19H21N3O5S2. The molecule has 0 saturated heterocycles. The molecule has 0 aliphatic heterocycles. The van der Waals surface area contributed by atoms with Gasteiger partial charge in [-0.25, -0.2) is 13.6 Å². The van der Waals surface area contributed by atoms with Gasteiger partial charge in [0.15, 0.2) is 4.80 Å². The first-order valence-corrected chi connectivity index (χ1v) is 11.0. The average Bonchev–Trinajstić information content (AvgIpc) is 3.02. The van der Waals surface area contributed by atoms with Gasteiger partial charge in [-0.2, -0.15) is 4.99 Å². The van der Waals surface area contributed by atoms with E-state index in [1.165, 1.54) is 23.5 Å². The Bertz CT molecular complexity index is 1190. The zero-order chi connectivity index (χ0) is 21.0. The first-order chi connectivity index (χ1) is 13.8. The Kier molecular flexibility index (Phi) is 6.48. The molecule has 0 aliphatic rings. The van der Waals surface area contributed by atoms with E-state index in [4.69, 9.17) is 14.6 Å². The van der Waals surface area contributed by atoms with Gasteiger partial charge in [0, 0.05) is 13.7 Å². The van der Waals surface area contributed by atoms with Crippen LogP contribution in [0.1, 0.15) is 5.56 Å². The van der Waals surface area contributed by atoms with Crippen molar-refractivity contribution in [3.63, 3.8) is 0 Å². The van der Waals surface area contributed by atoms with E-state index in [0.29, 0.717) is 28.4 Å². The van der Waals surface area contributed by atoms with Crippen LogP contribution in [0.5, 0.6) is 5.75 Å². The van der Waals surface area contributed by atoms with Crippen molar-refractivity contribution in [1.29, 1.82) is 0 Å². The summed E-state index contributed by atoms with van der Waals surface area (Å²) < 4.78 is 36.0. The molecule has 1 amide bonds. The molecule has 10 heteroatoms. The third-order valence-electron chi connectivity index (χ3n) is 4.24. The minimum atomic E-state index is -3.82. The highest BCUT2D eigenvalue weighted by Gasteiger charge is 2.13. The molecule has 2 aromatic carbocycles. The number of rotatable bonds is 7. The molecule has 1 heterocycles. The Morgan fingerprint density at radius 3 is 2.52 bits per heavy atom. The van der Waals surface area contributed by atoms with Crippen molar-refractivity contribution in [1.82, 2.24) is 4.57 Å². The Hall–Kier alpha value is -2.53. The van der Waals surface area contributed by atoms with E-state index in [1.807, 2.05) is 16.7 Å². The normalized spacial score (nSPS) is 12.4. The van der Waals surface area contributed by atoms with Crippen LogP contribution in [-0.4, -0.2) is 39.7 Å². The summed E-state index contributed by atoms with van der Waals surface area (Å²) in [5.74, 6) is 0.408. The van der Waals surface area contributed by atoms with Crippen LogP contribution in [0.15, 0.2) is 52.4 Å². The summed E-state index contributed by atoms with van der Waals surface area (Å²) in [4.78, 5) is 17.3. The summed E-state index contributed by atoms with van der Waals surface area (Å²) in [5, 5.41) is 5.22. The highest BCUT2D eigenvalue weighted by atomic mass is 32.2. The van der Waals surface area contributed by atoms with Crippen LogP contribution in [0.3, 0.4) is 0 Å². The number of methoxy groups -OCH3 is 2. The van der Waals surface area contributed by atoms with E-state index in [9.17, 15) is 13.2 Å². The summed E-state index contributed by atoms with van der Waals surface area (Å²) in [5.41, 5.74) is 1.58. The van der Waals surface area contributed by atoms with Gasteiger partial charge in [0.25, 0.3) is 5.91 Å². The summed E-state index contributed by atoms with van der Waals surface area (Å²) in [7, 11) is -0.656. The van der Waals surface area contributed by atoms with E-state index in [1.54, 1.807) is 32.4 Å². The number of sulfonamides is 1. The summed E-state index contributed by atoms with van der Waals surface area (Å²) in [6.45, 7) is 0.891. The van der Waals surface area contributed by atoms with Gasteiger partial charge < -0.3 is 14.0 Å². The lowest BCUT2D eigenvalue weighted by Gasteiger charge is -2.05. The Labute approximate surface area is 172 Å². The lowest BCUT2D eigenvalue weighted by Crippen LogP contribution is -2.19. The standard InChI is InChI=1S/C19H21N3O5S2/c1-26-10-9-22-16-8-7-15(29(20,24)25)12-17(16)28-19(22)21-18(23)11-13-3-5-14(27-2)6-4-13/h3-8,12H,9-11H2,1-2H3,(H2,20,24,25). The predicted molar refractivity (Wildman–Crippen MR) is 110 cm³/mol. The number of primary sulfonamides is 1. The van der Waals surface area contributed by atoms with Gasteiger partial charge in [-0.1, -0.05) is 23.5 Å². The number of benzene rings is 2. The van der Waals surface area contributed by atoms with E-state index in [-0.39, 0.29) is 17.2 Å². The molecule has 0 spiro atoms. The molecule has 8 nitrogen and oxygen atoms in total. The van der Waals surface area contributed by atoms with Crippen LogP contribution in [-0.2, 0) is 32.5 Å². The lowest BCUT2D eigenvalue weighted by atomic mass is 10.1. The maximum Gasteiger partial charge on any atom is 0.252 e. The zero-order valence-electron chi connectivity index (χ0n) is 16.0. The van der Waals surface area contributed by atoms with E-state index < -0.39 is 10.0 Å². The van der Waals surface area contributed by atoms with E-state index in [0.717, 1.165) is 11.1 Å². The van der Waals surface area contributed by atoms with Gasteiger partial charge in [0.1, 0.15) is 5.75 Å². The Morgan fingerprint density at radius 1 is 1.17 bits per heavy atom. The second kappa shape index (κ2) is 8.87. The monoisotopic (exact) mass is 435 g/mol. The molecular weight excluding hydrogens is 414 g/mol. The smallest absolute Gasteiger partial charge is 0.252 e. The van der Waals surface area contributed by atoms with E-state index in [2.05, 4.69) is 4.99 Å². The summed E-state index contributed by atoms with van der Waals surface area (Å²) in [6.07, 6.45) is 0.144. The highest BCUT2D eigenvalue weighted by Crippen LogP contribution is 2.21. The topological polar surface area (TPSA) is 113 Å². The molecule has 0 aliphatic carbocycles. The van der Waals surface area contributed by atoms with Gasteiger partial charge in [0.2, 0.25) is 10.0 Å². The van der Waals surface area contributed by atoms with Crippen molar-refractivity contribution < 1.29 is 22.7 Å². The van der Waals surface area contributed by atoms with Crippen LogP contribution in [0.4, 0.5) is 0 Å². The quantitative estimate of drug-likeness (QED) is 0.607. The number of aromatic nitrogens is 1. The number of carbonyl (C=O) groups excluding carboxylic acids is 1. The van der Waals surface area contributed by atoms with Crippen LogP contribution in [0.2, 0.25) is 0 Å². The maximum atomic E-state index is 12.5. The predicted octanol–water partition coefficient (Wildman–Crippen LogP) is 1.68. The number of hydrogen-bond donors (Lipinski definition) is 1. The molecule has 3 rings (SSSR count). The molecule has 154 valence electrons. The molecule has 3 aromatic rings. The minimum absolute atomic E-state index is 0.0150. The van der Waals surface area contributed by atoms with Crippen LogP contribution in [0.25, 0.3) is 10.2 Å². The molecule has 0 unspecified atom stereocenters. The number of thiazole rings is 1. The minimum Gasteiger partial charge on any atom is -0.497 e. The fourth-order valence-corrected chi connectivity index (χ4v) is 4.51. The SMILES string of the molecule is COCCn1c(=NC(=O)Cc2ccc(OC)cc2)sc2cc(S(N)(=O)=O)ccc21. The van der Waals surface area contributed by atoms with Crippen LogP contribution in [0, 0.1) is 0 Å². The van der Waals surface area contributed by atoms with E-state index >= 15 is 0 Å². The fraction of sp³-hybridized carbons (Fsp3) is 0.263. The number of carbonyl (C=O) groups is 1. The summed E-state index contributed by atoms with van der Waals surface area (Å²) in [6, 6.07) is 11.8. The van der Waals surface area contributed by atoms with Crippen LogP contribution >= 0.6 is 11.3 Å². The molecule has 29 heavy (non-hydrogen) atoms. The Balaban J connectivity index is 1.99. The molecule has 1 aromatic heterocycles. The van der Waals surface area contributed by atoms with Crippen molar-refractivity contribution in [3.05, 3.63) is 52.8 Å². The van der Waals surface area contributed by atoms with Crippen molar-refractivity contribution >= 4 is 37.5 Å². The number of amides is 1. The molecule has 0 bridgehead atoms. The third kappa shape index (κ3) is 5.10. The Morgan fingerprint density at radius 2 is 1.90 bits per heavy atom. The number of nitrogens with zero attached hydrogens (tertiary/aromatic N) is 2. The number of hydrogen-bond acceptors (Lipinski definition) is 6. The zero-order valence-corrected chi connectivity index (χ0v) is 17.6. The largest absolute Gasteiger partial charge is 0.497 e. The van der Waals surface area contributed by atoms with Gasteiger partial charge in [-0.05, 0) is 35.9 Å².